The molecule has 1 aromatic carbocycles. The molecule has 0 saturated carbocycles. The van der Waals surface area contributed by atoms with E-state index in [-0.39, 0.29) is 22.8 Å². The summed E-state index contributed by atoms with van der Waals surface area (Å²) in [4.78, 5) is 25.8. The van der Waals surface area contributed by atoms with Crippen LogP contribution in [0.1, 0.15) is 10.4 Å². The van der Waals surface area contributed by atoms with Gasteiger partial charge in [0.2, 0.25) is 11.7 Å². The average molecular weight is 291 g/mol. The fraction of sp³-hybridized carbons (Fsp3) is 0.0769. The van der Waals surface area contributed by atoms with Crippen LogP contribution in [0.15, 0.2) is 36.4 Å². The lowest BCUT2D eigenvalue weighted by Gasteiger charge is -2.09. The number of pyridine rings is 1. The first-order chi connectivity index (χ1) is 10.0. The minimum Gasteiger partial charge on any atom is -0.490 e. The summed E-state index contributed by atoms with van der Waals surface area (Å²) in [5, 5.41) is 13.2. The van der Waals surface area contributed by atoms with E-state index in [1.54, 1.807) is 0 Å². The van der Waals surface area contributed by atoms with E-state index in [9.17, 15) is 19.3 Å². The maximum absolute atomic E-state index is 13.0. The van der Waals surface area contributed by atoms with Crippen LogP contribution in [0.2, 0.25) is 0 Å². The lowest BCUT2D eigenvalue weighted by Crippen LogP contribution is -2.15. The summed E-state index contributed by atoms with van der Waals surface area (Å²) in [7, 11) is 1.22. The first-order valence-electron chi connectivity index (χ1n) is 5.78. The number of nitro benzene ring substituents is 1. The summed E-state index contributed by atoms with van der Waals surface area (Å²) in [5.41, 5.74) is -0.380. The molecular weight excluding hydrogens is 281 g/mol. The molecule has 108 valence electrons. The zero-order valence-corrected chi connectivity index (χ0v) is 10.9. The number of ether oxygens (including phenoxy) is 1. The van der Waals surface area contributed by atoms with Gasteiger partial charge in [-0.1, -0.05) is 12.1 Å². The van der Waals surface area contributed by atoms with Crippen molar-refractivity contribution in [2.24, 2.45) is 0 Å². The fourth-order valence-corrected chi connectivity index (χ4v) is 1.72. The SMILES string of the molecule is COc1c(C(=O)Nc2cccc(F)n2)cccc1[N+](=O)[O-]. The van der Waals surface area contributed by atoms with Crippen molar-refractivity contribution in [3.63, 3.8) is 0 Å². The van der Waals surface area contributed by atoms with Gasteiger partial charge in [0.1, 0.15) is 5.82 Å². The van der Waals surface area contributed by atoms with Gasteiger partial charge in [-0.3, -0.25) is 14.9 Å². The molecule has 0 spiro atoms. The third-order valence-corrected chi connectivity index (χ3v) is 2.60. The van der Waals surface area contributed by atoms with E-state index < -0.39 is 16.8 Å². The zero-order chi connectivity index (χ0) is 15.4. The van der Waals surface area contributed by atoms with Crippen molar-refractivity contribution in [3.05, 3.63) is 58.0 Å². The number of aromatic nitrogens is 1. The number of nitrogens with one attached hydrogen (secondary N) is 1. The van der Waals surface area contributed by atoms with E-state index >= 15 is 0 Å². The smallest absolute Gasteiger partial charge is 0.311 e. The Labute approximate surface area is 118 Å². The number of carbonyl (C=O) groups excluding carboxylic acids is 1. The monoisotopic (exact) mass is 291 g/mol. The highest BCUT2D eigenvalue weighted by Gasteiger charge is 2.22. The summed E-state index contributed by atoms with van der Waals surface area (Å²) >= 11 is 0. The van der Waals surface area contributed by atoms with Gasteiger partial charge >= 0.3 is 5.69 Å². The van der Waals surface area contributed by atoms with E-state index in [0.717, 1.165) is 6.07 Å². The highest BCUT2D eigenvalue weighted by molar-refractivity contribution is 6.06. The Morgan fingerprint density at radius 3 is 2.67 bits per heavy atom. The van der Waals surface area contributed by atoms with Crippen molar-refractivity contribution in [2.45, 2.75) is 0 Å². The van der Waals surface area contributed by atoms with Crippen LogP contribution in [-0.4, -0.2) is 22.9 Å². The molecule has 2 aromatic rings. The molecule has 0 aliphatic heterocycles. The molecule has 0 bridgehead atoms. The van der Waals surface area contributed by atoms with Crippen LogP contribution in [0.5, 0.6) is 5.75 Å². The average Bonchev–Trinajstić information content (AvgIpc) is 2.46. The van der Waals surface area contributed by atoms with Crippen LogP contribution in [-0.2, 0) is 0 Å². The third-order valence-electron chi connectivity index (χ3n) is 2.60. The van der Waals surface area contributed by atoms with Gasteiger partial charge in [-0.2, -0.15) is 4.39 Å². The van der Waals surface area contributed by atoms with Crippen LogP contribution < -0.4 is 10.1 Å². The molecule has 2 rings (SSSR count). The molecule has 0 saturated heterocycles. The van der Waals surface area contributed by atoms with Crippen molar-refractivity contribution >= 4 is 17.4 Å². The van der Waals surface area contributed by atoms with Gasteiger partial charge in [-0.05, 0) is 18.2 Å². The molecule has 0 aliphatic carbocycles. The summed E-state index contributed by atoms with van der Waals surface area (Å²) in [5.74, 6) is -1.61. The largest absolute Gasteiger partial charge is 0.490 e. The normalized spacial score (nSPS) is 10.0. The summed E-state index contributed by atoms with van der Waals surface area (Å²) in [6.45, 7) is 0. The molecule has 0 fully saturated rings. The molecular formula is C13H10FN3O4. The Balaban J connectivity index is 2.35. The summed E-state index contributed by atoms with van der Waals surface area (Å²) < 4.78 is 17.9. The maximum Gasteiger partial charge on any atom is 0.311 e. The number of hydrogen-bond donors (Lipinski definition) is 1. The minimum atomic E-state index is -0.751. The van der Waals surface area contributed by atoms with Gasteiger partial charge < -0.3 is 10.1 Å². The molecule has 21 heavy (non-hydrogen) atoms. The number of hydrogen-bond acceptors (Lipinski definition) is 5. The molecule has 0 unspecified atom stereocenters. The molecule has 1 amide bonds. The number of amides is 1. The van der Waals surface area contributed by atoms with Gasteiger partial charge in [0.05, 0.1) is 17.6 Å². The van der Waals surface area contributed by atoms with Crippen molar-refractivity contribution < 1.29 is 18.8 Å². The predicted molar refractivity (Wildman–Crippen MR) is 71.8 cm³/mol. The zero-order valence-electron chi connectivity index (χ0n) is 10.9. The molecule has 0 aliphatic rings. The lowest BCUT2D eigenvalue weighted by atomic mass is 10.1. The van der Waals surface area contributed by atoms with Crippen LogP contribution in [0.3, 0.4) is 0 Å². The molecule has 1 N–H and O–H groups in total. The molecule has 8 heteroatoms. The van der Waals surface area contributed by atoms with Gasteiger partial charge in [0.25, 0.3) is 5.91 Å². The number of benzene rings is 1. The Hall–Kier alpha value is -3.03. The summed E-state index contributed by atoms with van der Waals surface area (Å²) in [6, 6.07) is 7.84. The van der Waals surface area contributed by atoms with Crippen molar-refractivity contribution in [3.8, 4) is 5.75 Å². The minimum absolute atomic E-state index is 0.00596. The lowest BCUT2D eigenvalue weighted by molar-refractivity contribution is -0.385. The fourth-order valence-electron chi connectivity index (χ4n) is 1.72. The number of carbonyl (C=O) groups is 1. The quantitative estimate of drug-likeness (QED) is 0.530. The number of halogens is 1. The van der Waals surface area contributed by atoms with Gasteiger partial charge in [-0.15, -0.1) is 0 Å². The van der Waals surface area contributed by atoms with E-state index in [1.165, 1.54) is 37.4 Å². The second kappa shape index (κ2) is 5.95. The molecule has 1 heterocycles. The predicted octanol–water partition coefficient (Wildman–Crippen LogP) is 2.39. The highest BCUT2D eigenvalue weighted by atomic mass is 19.1. The van der Waals surface area contributed by atoms with E-state index in [0.29, 0.717) is 0 Å². The van der Waals surface area contributed by atoms with Crippen LogP contribution in [0, 0.1) is 16.1 Å². The maximum atomic E-state index is 13.0. The molecule has 1 aromatic heterocycles. The number of para-hydroxylation sites is 1. The van der Waals surface area contributed by atoms with Crippen molar-refractivity contribution in [2.75, 3.05) is 12.4 Å². The second-order valence-corrected chi connectivity index (χ2v) is 3.91. The topological polar surface area (TPSA) is 94.4 Å². The first-order valence-corrected chi connectivity index (χ1v) is 5.78. The summed E-state index contributed by atoms with van der Waals surface area (Å²) in [6.07, 6.45) is 0. The molecule has 0 radical (unpaired) electrons. The van der Waals surface area contributed by atoms with Crippen LogP contribution in [0.25, 0.3) is 0 Å². The van der Waals surface area contributed by atoms with Crippen molar-refractivity contribution in [1.29, 1.82) is 0 Å². The van der Waals surface area contributed by atoms with Crippen LogP contribution in [0.4, 0.5) is 15.9 Å². The number of nitrogens with zero attached hydrogens (tertiary/aromatic N) is 2. The Morgan fingerprint density at radius 2 is 2.05 bits per heavy atom. The number of methoxy groups -OCH3 is 1. The Bertz CT molecular complexity index is 706. The third kappa shape index (κ3) is 3.11. The van der Waals surface area contributed by atoms with Crippen molar-refractivity contribution in [1.82, 2.24) is 4.98 Å². The Kier molecular flexibility index (Phi) is 4.07. The molecule has 0 atom stereocenters. The second-order valence-electron chi connectivity index (χ2n) is 3.91. The van der Waals surface area contributed by atoms with Gasteiger partial charge in [-0.25, -0.2) is 4.98 Å². The molecule has 7 nitrogen and oxygen atoms in total. The Morgan fingerprint density at radius 1 is 1.33 bits per heavy atom. The number of anilines is 1. The van der Waals surface area contributed by atoms with Gasteiger partial charge in [0.15, 0.2) is 0 Å². The van der Waals surface area contributed by atoms with E-state index in [4.69, 9.17) is 4.74 Å². The van der Waals surface area contributed by atoms with Crippen LogP contribution >= 0.6 is 0 Å². The standard InChI is InChI=1S/C13H10FN3O4/c1-21-12-8(4-2-5-9(12)17(19)20)13(18)16-11-7-3-6-10(14)15-11/h2-7H,1H3,(H,15,16,18). The van der Waals surface area contributed by atoms with E-state index in [1.807, 2.05) is 0 Å². The van der Waals surface area contributed by atoms with Gasteiger partial charge in [0, 0.05) is 6.07 Å². The van der Waals surface area contributed by atoms with E-state index in [2.05, 4.69) is 10.3 Å². The number of rotatable bonds is 4. The number of nitro groups is 1. The highest BCUT2D eigenvalue weighted by Crippen LogP contribution is 2.30. The first kappa shape index (κ1) is 14.4.